The van der Waals surface area contributed by atoms with Gasteiger partial charge in [0.15, 0.2) is 5.78 Å². The Morgan fingerprint density at radius 1 is 1.40 bits per heavy atom. The molecule has 0 fully saturated rings. The predicted octanol–water partition coefficient (Wildman–Crippen LogP) is 1.08. The van der Waals surface area contributed by atoms with E-state index in [4.69, 9.17) is 5.73 Å². The summed E-state index contributed by atoms with van der Waals surface area (Å²) in [6, 6.07) is 4.07. The standard InChI is InChI=1S/C12H10N4O4/c1-7(17)10-3-2-9(4-11(10)16(19)20)15-6-8(5-14-15)12(13)18/h2-6H,1H3,(H2,13,18). The van der Waals surface area contributed by atoms with Crippen LogP contribution in [-0.2, 0) is 0 Å². The Kier molecular flexibility index (Phi) is 3.30. The Morgan fingerprint density at radius 3 is 2.60 bits per heavy atom. The molecule has 8 heteroatoms. The maximum Gasteiger partial charge on any atom is 0.282 e. The number of nitrogens with zero attached hydrogens (tertiary/aromatic N) is 3. The smallest absolute Gasteiger partial charge is 0.282 e. The summed E-state index contributed by atoms with van der Waals surface area (Å²) in [6.07, 6.45) is 2.61. The van der Waals surface area contributed by atoms with Gasteiger partial charge in [0.25, 0.3) is 11.6 Å². The van der Waals surface area contributed by atoms with E-state index in [1.807, 2.05) is 0 Å². The first-order chi connectivity index (χ1) is 9.40. The topological polar surface area (TPSA) is 121 Å². The highest BCUT2D eigenvalue weighted by Crippen LogP contribution is 2.23. The molecule has 1 amide bonds. The normalized spacial score (nSPS) is 10.2. The number of rotatable bonds is 4. The fourth-order valence-corrected chi connectivity index (χ4v) is 1.70. The molecule has 1 heterocycles. The van der Waals surface area contributed by atoms with Crippen molar-refractivity contribution in [2.24, 2.45) is 5.73 Å². The lowest BCUT2D eigenvalue weighted by molar-refractivity contribution is -0.385. The summed E-state index contributed by atoms with van der Waals surface area (Å²) in [5.41, 5.74) is 5.34. The van der Waals surface area contributed by atoms with Gasteiger partial charge in [-0.15, -0.1) is 0 Å². The highest BCUT2D eigenvalue weighted by molar-refractivity contribution is 5.98. The van der Waals surface area contributed by atoms with Crippen LogP contribution in [0.2, 0.25) is 0 Å². The third-order valence-electron chi connectivity index (χ3n) is 2.69. The number of nitro groups is 1. The van der Waals surface area contributed by atoms with Crippen LogP contribution in [0.3, 0.4) is 0 Å². The van der Waals surface area contributed by atoms with E-state index in [9.17, 15) is 19.7 Å². The molecule has 2 aromatic rings. The summed E-state index contributed by atoms with van der Waals surface area (Å²) in [6.45, 7) is 1.25. The molecular weight excluding hydrogens is 264 g/mol. The molecule has 0 saturated heterocycles. The van der Waals surface area contributed by atoms with Crippen molar-refractivity contribution in [2.75, 3.05) is 0 Å². The third kappa shape index (κ3) is 2.39. The van der Waals surface area contributed by atoms with Crippen LogP contribution in [0.1, 0.15) is 27.6 Å². The number of carbonyl (C=O) groups excluding carboxylic acids is 2. The average Bonchev–Trinajstić information content (AvgIpc) is 2.87. The number of nitro benzene ring substituents is 1. The van der Waals surface area contributed by atoms with Crippen LogP contribution in [0, 0.1) is 10.1 Å². The first-order valence-corrected chi connectivity index (χ1v) is 5.54. The zero-order valence-electron chi connectivity index (χ0n) is 10.4. The maximum absolute atomic E-state index is 11.3. The summed E-state index contributed by atoms with van der Waals surface area (Å²) >= 11 is 0. The van der Waals surface area contributed by atoms with E-state index in [1.165, 1.54) is 42.2 Å². The number of amides is 1. The molecular formula is C12H10N4O4. The zero-order valence-corrected chi connectivity index (χ0v) is 10.4. The van der Waals surface area contributed by atoms with Crippen LogP contribution in [0.25, 0.3) is 5.69 Å². The summed E-state index contributed by atoms with van der Waals surface area (Å²) in [5, 5.41) is 14.9. The van der Waals surface area contributed by atoms with Gasteiger partial charge in [0.05, 0.1) is 27.9 Å². The second-order valence-corrected chi connectivity index (χ2v) is 4.05. The quantitative estimate of drug-likeness (QED) is 0.508. The number of hydrogen-bond donors (Lipinski definition) is 1. The molecule has 1 aromatic heterocycles. The Bertz CT molecular complexity index is 720. The molecule has 20 heavy (non-hydrogen) atoms. The van der Waals surface area contributed by atoms with Gasteiger partial charge in [-0.05, 0) is 19.1 Å². The minimum absolute atomic E-state index is 0.0148. The molecule has 0 bridgehead atoms. The number of primary amides is 1. The lowest BCUT2D eigenvalue weighted by Gasteiger charge is -2.03. The van der Waals surface area contributed by atoms with Crippen molar-refractivity contribution in [3.05, 3.63) is 51.8 Å². The van der Waals surface area contributed by atoms with Crippen LogP contribution < -0.4 is 5.73 Å². The number of hydrogen-bond acceptors (Lipinski definition) is 5. The molecule has 0 aliphatic rings. The molecule has 2 rings (SSSR count). The van der Waals surface area contributed by atoms with Crippen LogP contribution in [0.5, 0.6) is 0 Å². The SMILES string of the molecule is CC(=O)c1ccc(-n2cc(C(N)=O)cn2)cc1[N+](=O)[O-]. The molecule has 102 valence electrons. The van der Waals surface area contributed by atoms with Gasteiger partial charge in [0.2, 0.25) is 0 Å². The number of aromatic nitrogens is 2. The lowest BCUT2D eigenvalue weighted by Crippen LogP contribution is -2.09. The summed E-state index contributed by atoms with van der Waals surface area (Å²) < 4.78 is 1.27. The second kappa shape index (κ2) is 4.92. The first-order valence-electron chi connectivity index (χ1n) is 5.54. The third-order valence-corrected chi connectivity index (χ3v) is 2.69. The number of Topliss-reactive ketones (excluding diaryl/α,β-unsaturated/α-hetero) is 1. The average molecular weight is 274 g/mol. The van der Waals surface area contributed by atoms with Crippen LogP contribution in [0.15, 0.2) is 30.6 Å². The second-order valence-electron chi connectivity index (χ2n) is 4.05. The van der Waals surface area contributed by atoms with E-state index in [2.05, 4.69) is 5.10 Å². The first kappa shape index (κ1) is 13.4. The minimum atomic E-state index is -0.647. The van der Waals surface area contributed by atoms with Crippen molar-refractivity contribution in [2.45, 2.75) is 6.92 Å². The monoisotopic (exact) mass is 274 g/mol. The van der Waals surface area contributed by atoms with E-state index in [-0.39, 0.29) is 16.8 Å². The Balaban J connectivity index is 2.52. The summed E-state index contributed by atoms with van der Waals surface area (Å²) in [4.78, 5) is 32.6. The minimum Gasteiger partial charge on any atom is -0.366 e. The Labute approximate surface area is 113 Å². The van der Waals surface area contributed by atoms with Gasteiger partial charge in [-0.1, -0.05) is 0 Å². The molecule has 2 N–H and O–H groups in total. The molecule has 8 nitrogen and oxygen atoms in total. The number of benzene rings is 1. The van der Waals surface area contributed by atoms with Gasteiger partial charge in [-0.25, -0.2) is 4.68 Å². The van der Waals surface area contributed by atoms with Crippen molar-refractivity contribution in [3.63, 3.8) is 0 Å². The number of carbonyl (C=O) groups is 2. The van der Waals surface area contributed by atoms with E-state index < -0.39 is 16.6 Å². The van der Waals surface area contributed by atoms with Gasteiger partial charge in [0.1, 0.15) is 0 Å². The van der Waals surface area contributed by atoms with Gasteiger partial charge < -0.3 is 5.73 Å². The zero-order chi connectivity index (χ0) is 14.9. The fourth-order valence-electron chi connectivity index (χ4n) is 1.70. The maximum atomic E-state index is 11.3. The van der Waals surface area contributed by atoms with Gasteiger partial charge in [0, 0.05) is 12.3 Å². The molecule has 0 radical (unpaired) electrons. The molecule has 0 unspecified atom stereocenters. The molecule has 0 spiro atoms. The molecule has 0 atom stereocenters. The highest BCUT2D eigenvalue weighted by Gasteiger charge is 2.18. The largest absolute Gasteiger partial charge is 0.366 e. The Morgan fingerprint density at radius 2 is 2.10 bits per heavy atom. The van der Waals surface area contributed by atoms with E-state index in [0.29, 0.717) is 5.69 Å². The van der Waals surface area contributed by atoms with Crippen molar-refractivity contribution < 1.29 is 14.5 Å². The Hall–Kier alpha value is -3.03. The number of ketones is 1. The molecule has 0 aliphatic heterocycles. The van der Waals surface area contributed by atoms with Crippen LogP contribution in [0.4, 0.5) is 5.69 Å². The summed E-state index contributed by atoms with van der Waals surface area (Å²) in [7, 11) is 0. The predicted molar refractivity (Wildman–Crippen MR) is 68.7 cm³/mol. The fraction of sp³-hybridized carbons (Fsp3) is 0.0833. The molecule has 0 saturated carbocycles. The van der Waals surface area contributed by atoms with Gasteiger partial charge in [-0.2, -0.15) is 5.10 Å². The van der Waals surface area contributed by atoms with Crippen molar-refractivity contribution in [3.8, 4) is 5.69 Å². The highest BCUT2D eigenvalue weighted by atomic mass is 16.6. The van der Waals surface area contributed by atoms with Gasteiger partial charge in [-0.3, -0.25) is 19.7 Å². The van der Waals surface area contributed by atoms with E-state index >= 15 is 0 Å². The lowest BCUT2D eigenvalue weighted by atomic mass is 10.1. The van der Waals surface area contributed by atoms with Crippen LogP contribution >= 0.6 is 0 Å². The van der Waals surface area contributed by atoms with E-state index in [1.54, 1.807) is 0 Å². The van der Waals surface area contributed by atoms with Crippen molar-refractivity contribution >= 4 is 17.4 Å². The van der Waals surface area contributed by atoms with Gasteiger partial charge >= 0.3 is 0 Å². The number of nitrogens with two attached hydrogens (primary N) is 1. The summed E-state index contributed by atoms with van der Waals surface area (Å²) in [5.74, 6) is -1.05. The van der Waals surface area contributed by atoms with E-state index in [0.717, 1.165) is 0 Å². The van der Waals surface area contributed by atoms with Crippen LogP contribution in [-0.4, -0.2) is 26.4 Å². The molecule has 0 aliphatic carbocycles. The molecule has 1 aromatic carbocycles. The van der Waals surface area contributed by atoms with Crippen molar-refractivity contribution in [1.29, 1.82) is 0 Å². The van der Waals surface area contributed by atoms with Crippen molar-refractivity contribution in [1.82, 2.24) is 9.78 Å².